The third-order valence-corrected chi connectivity index (χ3v) is 5.79. The molecule has 27 heavy (non-hydrogen) atoms. The minimum Gasteiger partial charge on any atom is -0.340 e. The third kappa shape index (κ3) is 4.21. The first kappa shape index (κ1) is 19.9. The zero-order valence-electron chi connectivity index (χ0n) is 17.8. The van der Waals surface area contributed by atoms with Gasteiger partial charge in [0.15, 0.2) is 0 Å². The largest absolute Gasteiger partial charge is 0.340 e. The molecular weight excluding hydrogens is 334 g/mol. The fourth-order valence-corrected chi connectivity index (χ4v) is 4.91. The predicted molar refractivity (Wildman–Crippen MR) is 113 cm³/mol. The van der Waals surface area contributed by atoms with Crippen molar-refractivity contribution in [1.29, 1.82) is 0 Å². The van der Waals surface area contributed by atoms with Gasteiger partial charge in [0.1, 0.15) is 5.69 Å². The summed E-state index contributed by atoms with van der Waals surface area (Å²) in [4.78, 5) is 15.8. The lowest BCUT2D eigenvalue weighted by Crippen LogP contribution is -2.63. The number of para-hydroxylation sites is 1. The highest BCUT2D eigenvalue weighted by Crippen LogP contribution is 2.33. The van der Waals surface area contributed by atoms with Gasteiger partial charge in [-0.05, 0) is 59.1 Å². The first-order valence-corrected chi connectivity index (χ1v) is 10.3. The Kier molecular flexibility index (Phi) is 5.40. The first-order chi connectivity index (χ1) is 12.6. The van der Waals surface area contributed by atoms with Crippen molar-refractivity contribution in [2.24, 2.45) is 7.05 Å². The molecular formula is C23H35N3O. The summed E-state index contributed by atoms with van der Waals surface area (Å²) in [6.07, 6.45) is 4.10. The summed E-state index contributed by atoms with van der Waals surface area (Å²) >= 11 is 0. The van der Waals surface area contributed by atoms with Crippen LogP contribution < -0.4 is 5.32 Å². The van der Waals surface area contributed by atoms with Crippen molar-refractivity contribution in [3.05, 3.63) is 36.0 Å². The van der Waals surface area contributed by atoms with E-state index in [1.807, 2.05) is 29.8 Å². The highest BCUT2D eigenvalue weighted by molar-refractivity contribution is 5.98. The van der Waals surface area contributed by atoms with E-state index >= 15 is 0 Å². The molecule has 1 aromatic heterocycles. The van der Waals surface area contributed by atoms with Crippen LogP contribution in [0.5, 0.6) is 0 Å². The van der Waals surface area contributed by atoms with Gasteiger partial charge in [-0.15, -0.1) is 0 Å². The Morgan fingerprint density at radius 2 is 1.81 bits per heavy atom. The molecule has 4 nitrogen and oxygen atoms in total. The van der Waals surface area contributed by atoms with E-state index in [9.17, 15) is 4.79 Å². The van der Waals surface area contributed by atoms with Crippen molar-refractivity contribution in [2.45, 2.75) is 77.4 Å². The summed E-state index contributed by atoms with van der Waals surface area (Å²) < 4.78 is 2.05. The van der Waals surface area contributed by atoms with E-state index in [1.165, 1.54) is 0 Å². The summed E-state index contributed by atoms with van der Waals surface area (Å²) in [6.45, 7) is 12.0. The maximum atomic E-state index is 13.6. The van der Waals surface area contributed by atoms with Gasteiger partial charge in [0.25, 0.3) is 5.91 Å². The number of piperidine rings is 1. The third-order valence-electron chi connectivity index (χ3n) is 5.79. The number of aryl methyl sites for hydroxylation is 1. The molecule has 0 spiro atoms. The van der Waals surface area contributed by atoms with Crippen molar-refractivity contribution in [2.75, 3.05) is 6.54 Å². The van der Waals surface area contributed by atoms with Gasteiger partial charge < -0.3 is 14.8 Å². The number of carbonyl (C=O) groups is 1. The second-order valence-corrected chi connectivity index (χ2v) is 9.45. The van der Waals surface area contributed by atoms with Gasteiger partial charge in [0.2, 0.25) is 0 Å². The van der Waals surface area contributed by atoms with Crippen LogP contribution in [0.1, 0.15) is 70.8 Å². The molecule has 0 atom stereocenters. The van der Waals surface area contributed by atoms with Crippen LogP contribution in [0.2, 0.25) is 0 Å². The summed E-state index contributed by atoms with van der Waals surface area (Å²) in [5, 5.41) is 4.87. The number of nitrogens with one attached hydrogen (secondary N) is 1. The van der Waals surface area contributed by atoms with E-state index in [0.29, 0.717) is 0 Å². The molecule has 3 rings (SSSR count). The number of nitrogens with zero attached hydrogens (tertiary/aromatic N) is 2. The normalized spacial score (nSPS) is 19.3. The molecule has 0 radical (unpaired) electrons. The molecule has 0 unspecified atom stereocenters. The summed E-state index contributed by atoms with van der Waals surface area (Å²) in [5.74, 6) is 0.167. The zero-order valence-corrected chi connectivity index (χ0v) is 17.8. The number of hydrogen-bond acceptors (Lipinski definition) is 2. The van der Waals surface area contributed by atoms with Crippen molar-refractivity contribution in [3.8, 4) is 0 Å². The molecule has 2 aromatic rings. The minimum atomic E-state index is 0.0239. The van der Waals surface area contributed by atoms with Gasteiger partial charge in [0.05, 0.1) is 0 Å². The lowest BCUT2D eigenvalue weighted by atomic mass is 9.79. The lowest BCUT2D eigenvalue weighted by Gasteiger charge is -2.49. The van der Waals surface area contributed by atoms with Gasteiger partial charge in [-0.3, -0.25) is 4.79 Å². The second-order valence-electron chi connectivity index (χ2n) is 9.45. The highest BCUT2D eigenvalue weighted by Gasteiger charge is 2.41. The van der Waals surface area contributed by atoms with E-state index in [4.69, 9.17) is 0 Å². The van der Waals surface area contributed by atoms with Crippen LogP contribution >= 0.6 is 0 Å². The van der Waals surface area contributed by atoms with E-state index in [0.717, 1.165) is 48.8 Å². The predicted octanol–water partition coefficient (Wildman–Crippen LogP) is 4.73. The molecule has 0 aliphatic carbocycles. The second kappa shape index (κ2) is 7.31. The van der Waals surface area contributed by atoms with Gasteiger partial charge in [-0.2, -0.15) is 0 Å². The molecule has 4 heteroatoms. The summed E-state index contributed by atoms with van der Waals surface area (Å²) in [7, 11) is 2.00. The van der Waals surface area contributed by atoms with E-state index in [-0.39, 0.29) is 23.0 Å². The average Bonchev–Trinajstić information content (AvgIpc) is 2.89. The number of unbranched alkanes of at least 4 members (excludes halogenated alkanes) is 1. The maximum Gasteiger partial charge on any atom is 0.270 e. The number of hydrogen-bond donors (Lipinski definition) is 1. The molecule has 1 fully saturated rings. The smallest absolute Gasteiger partial charge is 0.270 e. The van der Waals surface area contributed by atoms with Gasteiger partial charge in [-0.25, -0.2) is 0 Å². The maximum absolute atomic E-state index is 13.6. The average molecular weight is 370 g/mol. The Bertz CT molecular complexity index is 802. The number of rotatable bonds is 5. The standard InChI is InChI=1S/C23H35N3O/c1-7-8-13-26(18-15-22(2,3)24-23(4,5)16-18)21(27)20-14-17-11-9-10-12-19(17)25(20)6/h9-12,14,18,24H,7-8,13,15-16H2,1-6H3. The molecule has 0 bridgehead atoms. The lowest BCUT2D eigenvalue weighted by molar-refractivity contribution is 0.0434. The molecule has 1 aromatic carbocycles. The van der Waals surface area contributed by atoms with Gasteiger partial charge in [0, 0.05) is 41.6 Å². The monoisotopic (exact) mass is 369 g/mol. The molecule has 148 valence electrons. The quantitative estimate of drug-likeness (QED) is 0.827. The fraction of sp³-hybridized carbons (Fsp3) is 0.609. The van der Waals surface area contributed by atoms with Crippen LogP contribution in [0.25, 0.3) is 10.9 Å². The van der Waals surface area contributed by atoms with E-state index < -0.39 is 0 Å². The molecule has 1 amide bonds. The minimum absolute atomic E-state index is 0.0239. The SMILES string of the molecule is CCCCN(C(=O)c1cc2ccccc2n1C)C1CC(C)(C)NC(C)(C)C1. The van der Waals surface area contributed by atoms with Crippen molar-refractivity contribution in [1.82, 2.24) is 14.8 Å². The summed E-state index contributed by atoms with van der Waals surface area (Å²) in [6, 6.07) is 10.5. The van der Waals surface area contributed by atoms with Crippen molar-refractivity contribution >= 4 is 16.8 Å². The fourth-order valence-electron chi connectivity index (χ4n) is 4.91. The van der Waals surface area contributed by atoms with Crippen LogP contribution in [0.15, 0.2) is 30.3 Å². The molecule has 1 saturated heterocycles. The molecule has 1 N–H and O–H groups in total. The highest BCUT2D eigenvalue weighted by atomic mass is 16.2. The Hall–Kier alpha value is -1.81. The molecule has 1 aliphatic rings. The van der Waals surface area contributed by atoms with Gasteiger partial charge >= 0.3 is 0 Å². The van der Waals surface area contributed by atoms with Crippen LogP contribution in [-0.4, -0.2) is 39.0 Å². The van der Waals surface area contributed by atoms with E-state index in [2.05, 4.69) is 57.0 Å². The number of amides is 1. The molecule has 1 aliphatic heterocycles. The number of carbonyl (C=O) groups excluding carboxylic acids is 1. The van der Waals surface area contributed by atoms with Crippen LogP contribution in [0.4, 0.5) is 0 Å². The Morgan fingerprint density at radius 1 is 1.19 bits per heavy atom. The van der Waals surface area contributed by atoms with Crippen molar-refractivity contribution in [3.63, 3.8) is 0 Å². The van der Waals surface area contributed by atoms with Gasteiger partial charge in [-0.1, -0.05) is 31.5 Å². The van der Waals surface area contributed by atoms with E-state index in [1.54, 1.807) is 0 Å². The number of aromatic nitrogens is 1. The zero-order chi connectivity index (χ0) is 19.8. The first-order valence-electron chi connectivity index (χ1n) is 10.3. The Balaban J connectivity index is 1.96. The molecule has 2 heterocycles. The number of fused-ring (bicyclic) bond motifs is 1. The van der Waals surface area contributed by atoms with Crippen LogP contribution in [0, 0.1) is 0 Å². The van der Waals surface area contributed by atoms with Crippen molar-refractivity contribution < 1.29 is 4.79 Å². The Labute approximate surface area is 163 Å². The molecule has 0 saturated carbocycles. The van der Waals surface area contributed by atoms with Crippen LogP contribution in [-0.2, 0) is 7.05 Å². The Morgan fingerprint density at radius 3 is 2.41 bits per heavy atom. The topological polar surface area (TPSA) is 37.3 Å². The van der Waals surface area contributed by atoms with Crippen LogP contribution in [0.3, 0.4) is 0 Å². The number of benzene rings is 1. The summed E-state index contributed by atoms with van der Waals surface area (Å²) in [5.41, 5.74) is 1.95.